The van der Waals surface area contributed by atoms with E-state index in [0.29, 0.717) is 21.8 Å². The van der Waals surface area contributed by atoms with Crippen molar-refractivity contribution in [1.29, 1.82) is 0 Å². The molecule has 194 valence electrons. The number of carbonyl (C=O) groups excluding carboxylic acids is 1. The van der Waals surface area contributed by atoms with Gasteiger partial charge in [0, 0.05) is 42.3 Å². The van der Waals surface area contributed by atoms with Crippen molar-refractivity contribution in [3.05, 3.63) is 63.8 Å². The van der Waals surface area contributed by atoms with Gasteiger partial charge in [-0.15, -0.1) is 0 Å². The molecule has 2 aromatic carbocycles. The molecule has 2 aliphatic heterocycles. The average molecular weight is 543 g/mol. The number of carbonyl (C=O) groups is 1. The largest absolute Gasteiger partial charge is 0.455 e. The van der Waals surface area contributed by atoms with Crippen LogP contribution in [-0.2, 0) is 6.61 Å². The van der Waals surface area contributed by atoms with E-state index in [2.05, 4.69) is 39.2 Å². The summed E-state index contributed by atoms with van der Waals surface area (Å²) < 4.78 is 5.76. The Bertz CT molecular complexity index is 1290. The normalized spacial score (nSPS) is 16.1. The van der Waals surface area contributed by atoms with E-state index < -0.39 is 0 Å². The number of piperidine rings is 1. The van der Waals surface area contributed by atoms with E-state index >= 15 is 0 Å². The van der Waals surface area contributed by atoms with Gasteiger partial charge in [0.2, 0.25) is 11.8 Å². The Morgan fingerprint density at radius 1 is 1.16 bits per heavy atom. The third-order valence-corrected chi connectivity index (χ3v) is 7.42. The lowest BCUT2D eigenvalue weighted by atomic mass is 10.0. The molecule has 3 heterocycles. The molecular weight excluding hydrogens is 515 g/mol. The lowest BCUT2D eigenvalue weighted by molar-refractivity contribution is 0.0932. The van der Waals surface area contributed by atoms with Crippen LogP contribution in [0.15, 0.2) is 42.6 Å². The Hall–Kier alpha value is -3.11. The zero-order valence-corrected chi connectivity index (χ0v) is 22.1. The molecule has 2 N–H and O–H groups in total. The van der Waals surface area contributed by atoms with Crippen LogP contribution < -0.4 is 19.9 Å². The molecule has 2 aliphatic rings. The van der Waals surface area contributed by atoms with Crippen molar-refractivity contribution in [1.82, 2.24) is 14.9 Å². The van der Waals surface area contributed by atoms with Gasteiger partial charge in [-0.05, 0) is 57.3 Å². The Balaban J connectivity index is 1.32. The van der Waals surface area contributed by atoms with Crippen LogP contribution in [0.1, 0.15) is 28.8 Å². The highest BCUT2D eigenvalue weighted by molar-refractivity contribution is 6.40. The topological polar surface area (TPSA) is 94.1 Å². The number of aliphatic hydroxyl groups excluding tert-OH is 1. The number of nitrogens with zero attached hydrogens (tertiary/aromatic N) is 5. The number of aliphatic hydroxyl groups is 1. The van der Waals surface area contributed by atoms with Gasteiger partial charge in [0.1, 0.15) is 5.56 Å². The number of halogens is 2. The van der Waals surface area contributed by atoms with E-state index in [0.717, 1.165) is 42.9 Å². The molecule has 0 radical (unpaired) electrons. The molecule has 0 saturated carbocycles. The molecule has 11 heteroatoms. The highest BCUT2D eigenvalue weighted by Crippen LogP contribution is 2.37. The van der Waals surface area contributed by atoms with Gasteiger partial charge in [-0.1, -0.05) is 29.3 Å². The summed E-state index contributed by atoms with van der Waals surface area (Å²) in [4.78, 5) is 27.8. The maximum atomic E-state index is 13.1. The highest BCUT2D eigenvalue weighted by Gasteiger charge is 2.31. The van der Waals surface area contributed by atoms with Gasteiger partial charge in [0.15, 0.2) is 6.73 Å². The summed E-state index contributed by atoms with van der Waals surface area (Å²) in [6.07, 6.45) is 3.58. The average Bonchev–Trinajstić information content (AvgIpc) is 2.90. The number of fused-ring (bicyclic) bond motifs is 1. The summed E-state index contributed by atoms with van der Waals surface area (Å²) in [5, 5.41) is 13.9. The van der Waals surface area contributed by atoms with Crippen molar-refractivity contribution < 1.29 is 14.6 Å². The Morgan fingerprint density at radius 3 is 2.57 bits per heavy atom. The first-order chi connectivity index (χ1) is 17.9. The van der Waals surface area contributed by atoms with E-state index in [1.807, 2.05) is 18.2 Å². The molecule has 0 aliphatic carbocycles. The summed E-state index contributed by atoms with van der Waals surface area (Å²) in [5.74, 6) is 0.0941. The molecule has 1 fully saturated rings. The van der Waals surface area contributed by atoms with Gasteiger partial charge in [-0.2, -0.15) is 4.98 Å². The lowest BCUT2D eigenvalue weighted by Crippen LogP contribution is -2.42. The van der Waals surface area contributed by atoms with Crippen molar-refractivity contribution in [2.24, 2.45) is 0 Å². The summed E-state index contributed by atoms with van der Waals surface area (Å²) in [7, 11) is 4.24. The van der Waals surface area contributed by atoms with Crippen LogP contribution in [0.2, 0.25) is 10.0 Å². The van der Waals surface area contributed by atoms with Gasteiger partial charge >= 0.3 is 0 Å². The molecule has 0 unspecified atom stereocenters. The minimum absolute atomic E-state index is 0.0818. The van der Waals surface area contributed by atoms with Crippen LogP contribution in [0.5, 0.6) is 5.88 Å². The minimum Gasteiger partial charge on any atom is -0.455 e. The van der Waals surface area contributed by atoms with Crippen LogP contribution in [-0.4, -0.2) is 65.8 Å². The Morgan fingerprint density at radius 2 is 1.89 bits per heavy atom. The SMILES string of the molecule is CN(C)C1CCN(c2ccc(Nc3ncc4c(n3)OCN(c3c(Cl)cccc3Cl)C4=O)cc2CO)CC1. The number of ether oxygens (including phenoxy) is 1. The van der Waals surface area contributed by atoms with Gasteiger partial charge in [0.25, 0.3) is 5.91 Å². The van der Waals surface area contributed by atoms with Crippen LogP contribution in [0.4, 0.5) is 23.0 Å². The number of nitrogens with one attached hydrogen (secondary N) is 1. The zero-order valence-electron chi connectivity index (χ0n) is 20.6. The van der Waals surface area contributed by atoms with Crippen molar-refractivity contribution in [3.63, 3.8) is 0 Å². The second-order valence-corrected chi connectivity index (χ2v) is 10.1. The minimum atomic E-state index is -0.354. The molecule has 1 aromatic heterocycles. The van der Waals surface area contributed by atoms with E-state index in [4.69, 9.17) is 27.9 Å². The third kappa shape index (κ3) is 5.17. The highest BCUT2D eigenvalue weighted by atomic mass is 35.5. The molecule has 1 saturated heterocycles. The van der Waals surface area contributed by atoms with E-state index in [1.165, 1.54) is 11.1 Å². The van der Waals surface area contributed by atoms with Crippen molar-refractivity contribution in [3.8, 4) is 5.88 Å². The molecule has 5 rings (SSSR count). The van der Waals surface area contributed by atoms with E-state index in [-0.39, 0.29) is 36.6 Å². The molecule has 9 nitrogen and oxygen atoms in total. The number of hydrogen-bond acceptors (Lipinski definition) is 8. The second kappa shape index (κ2) is 10.7. The summed E-state index contributed by atoms with van der Waals surface area (Å²) >= 11 is 12.6. The van der Waals surface area contributed by atoms with Crippen molar-refractivity contribution in [2.45, 2.75) is 25.5 Å². The first-order valence-electron chi connectivity index (χ1n) is 12.0. The smallest absolute Gasteiger partial charge is 0.268 e. The van der Waals surface area contributed by atoms with Crippen molar-refractivity contribution >= 4 is 52.1 Å². The number of hydrogen-bond donors (Lipinski definition) is 2. The molecule has 37 heavy (non-hydrogen) atoms. The molecule has 1 amide bonds. The predicted octanol–water partition coefficient (Wildman–Crippen LogP) is 4.55. The number of aromatic nitrogens is 2. The first kappa shape index (κ1) is 25.5. The fourth-order valence-corrected chi connectivity index (χ4v) is 5.38. The molecule has 0 atom stereocenters. The third-order valence-electron chi connectivity index (χ3n) is 6.81. The monoisotopic (exact) mass is 542 g/mol. The number of benzene rings is 2. The summed E-state index contributed by atoms with van der Waals surface area (Å²) in [6, 6.07) is 11.4. The fraction of sp³-hybridized carbons (Fsp3) is 0.346. The quantitative estimate of drug-likeness (QED) is 0.468. The fourth-order valence-electron chi connectivity index (χ4n) is 4.78. The van der Waals surface area contributed by atoms with E-state index in [1.54, 1.807) is 18.2 Å². The number of amides is 1. The second-order valence-electron chi connectivity index (χ2n) is 9.30. The van der Waals surface area contributed by atoms with Gasteiger partial charge in [0.05, 0.1) is 22.3 Å². The van der Waals surface area contributed by atoms with Crippen LogP contribution in [0, 0.1) is 0 Å². The predicted molar refractivity (Wildman–Crippen MR) is 145 cm³/mol. The molecule has 0 bridgehead atoms. The molecule has 3 aromatic rings. The van der Waals surface area contributed by atoms with Crippen LogP contribution in [0.3, 0.4) is 0 Å². The summed E-state index contributed by atoms with van der Waals surface area (Å²) in [6.45, 7) is 1.72. The van der Waals surface area contributed by atoms with Crippen LogP contribution in [0.25, 0.3) is 0 Å². The number of rotatable bonds is 6. The van der Waals surface area contributed by atoms with Gasteiger partial charge < -0.3 is 25.0 Å². The van der Waals surface area contributed by atoms with Gasteiger partial charge in [-0.25, -0.2) is 4.98 Å². The maximum absolute atomic E-state index is 13.1. The molecular formula is C26H28Cl2N6O3. The number of anilines is 4. The number of para-hydroxylation sites is 1. The van der Waals surface area contributed by atoms with Crippen molar-refractivity contribution in [2.75, 3.05) is 49.0 Å². The van der Waals surface area contributed by atoms with Crippen LogP contribution >= 0.6 is 23.2 Å². The summed E-state index contributed by atoms with van der Waals surface area (Å²) in [5.41, 5.74) is 3.17. The molecule has 0 spiro atoms. The lowest BCUT2D eigenvalue weighted by Gasteiger charge is -2.37. The standard InChI is InChI=1S/C26H28Cl2N6O3/c1-32(2)18-8-10-33(11-9-18)22-7-6-17(12-16(22)14-35)30-26-29-13-19-24(31-26)37-15-34(25(19)36)23-20(27)4-3-5-21(23)28/h3-7,12-13,18,35H,8-11,14-15H2,1-2H3,(H,29,30,31). The Kier molecular flexibility index (Phi) is 7.39. The van der Waals surface area contributed by atoms with Gasteiger partial charge in [-0.3, -0.25) is 9.69 Å². The zero-order chi connectivity index (χ0) is 26.1. The maximum Gasteiger partial charge on any atom is 0.268 e. The van der Waals surface area contributed by atoms with E-state index in [9.17, 15) is 9.90 Å². The Labute approximate surface area is 225 Å². The first-order valence-corrected chi connectivity index (χ1v) is 12.8.